The van der Waals surface area contributed by atoms with Crippen molar-refractivity contribution in [3.05, 3.63) is 59.7 Å². The number of nitrogens with one attached hydrogen (secondary N) is 1. The molecule has 0 aliphatic heterocycles. The Morgan fingerprint density at radius 3 is 2.50 bits per heavy atom. The third-order valence-corrected chi connectivity index (χ3v) is 5.41. The van der Waals surface area contributed by atoms with Crippen molar-refractivity contribution >= 4 is 51.3 Å². The zero-order chi connectivity index (χ0) is 21.8. The fraction of sp³-hybridized carbons (Fsp3) is 0.238. The molecule has 5 nitrogen and oxygen atoms in total. The highest BCUT2D eigenvalue weighted by Gasteiger charge is 2.37. The van der Waals surface area contributed by atoms with Crippen LogP contribution >= 0.6 is 0 Å². The number of halogens is 1. The largest absolute Gasteiger partial charge is 0.482 e. The van der Waals surface area contributed by atoms with Crippen LogP contribution in [0.4, 0.5) is 4.39 Å². The zero-order valence-electron chi connectivity index (χ0n) is 16.6. The number of carboxylic acids is 1. The second kappa shape index (κ2) is 7.08. The van der Waals surface area contributed by atoms with Gasteiger partial charge in [0.05, 0.1) is 40.8 Å². The molecule has 0 fully saturated rings. The molecule has 0 spiro atoms. The van der Waals surface area contributed by atoms with Gasteiger partial charge >= 0.3 is 0 Å². The van der Waals surface area contributed by atoms with E-state index in [9.17, 15) is 14.3 Å². The highest BCUT2D eigenvalue weighted by Crippen LogP contribution is 2.43. The molecule has 0 aliphatic carbocycles. The number of carboxylic acid groups (broad SMARTS) is 1. The molecule has 0 bridgehead atoms. The maximum Gasteiger partial charge on any atom is 0.297 e. The molecule has 1 atom stereocenters. The molecule has 0 saturated heterocycles. The van der Waals surface area contributed by atoms with Gasteiger partial charge in [0, 0.05) is 28.0 Å². The lowest BCUT2D eigenvalue weighted by Gasteiger charge is -2.33. The number of hydrogen-bond acceptors (Lipinski definition) is 2. The zero-order valence-corrected chi connectivity index (χ0v) is 16.6. The second-order valence-corrected chi connectivity index (χ2v) is 7.80. The molecular weight excluding hydrogens is 378 g/mol. The van der Waals surface area contributed by atoms with Gasteiger partial charge < -0.3 is 9.67 Å². The van der Waals surface area contributed by atoms with Gasteiger partial charge in [0.1, 0.15) is 5.82 Å². The standard InChI is InChI=1S/C21H17B3FN3O2/c1-10(2)18-17(21(23,24)19(22)20(29)30)14-8-15-11(9-26-27-15)7-16(14)28(18)13-5-3-12(25)4-6-13/h3-10,19H,1-2H3,(H,26,27)(H,29,30). The summed E-state index contributed by atoms with van der Waals surface area (Å²) in [7, 11) is 18.7. The van der Waals surface area contributed by atoms with Gasteiger partial charge in [0.15, 0.2) is 0 Å². The van der Waals surface area contributed by atoms with Crippen LogP contribution in [0, 0.1) is 5.82 Å². The lowest BCUT2D eigenvalue weighted by molar-refractivity contribution is -0.137. The molecule has 9 heteroatoms. The minimum atomic E-state index is -1.86. The molecule has 144 valence electrons. The van der Waals surface area contributed by atoms with Gasteiger partial charge in [0.25, 0.3) is 5.97 Å². The molecule has 2 aromatic carbocycles. The van der Waals surface area contributed by atoms with E-state index in [0.29, 0.717) is 22.3 Å². The van der Waals surface area contributed by atoms with E-state index in [4.69, 9.17) is 23.5 Å². The van der Waals surface area contributed by atoms with Crippen molar-refractivity contribution in [1.29, 1.82) is 0 Å². The number of benzene rings is 2. The lowest BCUT2D eigenvalue weighted by atomic mass is 9.40. The molecule has 1 unspecified atom stereocenters. The van der Waals surface area contributed by atoms with Crippen LogP contribution in [0.2, 0.25) is 5.82 Å². The van der Waals surface area contributed by atoms with E-state index >= 15 is 0 Å². The minimum Gasteiger partial charge on any atom is -0.482 e. The Hall–Kier alpha value is -2.96. The number of aromatic nitrogens is 3. The van der Waals surface area contributed by atoms with Crippen molar-refractivity contribution < 1.29 is 14.3 Å². The van der Waals surface area contributed by atoms with Crippen LogP contribution in [0.3, 0.4) is 0 Å². The molecule has 0 saturated carbocycles. The summed E-state index contributed by atoms with van der Waals surface area (Å²) in [5.41, 5.74) is 3.32. The molecule has 30 heavy (non-hydrogen) atoms. The second-order valence-electron chi connectivity index (χ2n) is 7.80. The van der Waals surface area contributed by atoms with Gasteiger partial charge in [0.2, 0.25) is 0 Å². The predicted octanol–water partition coefficient (Wildman–Crippen LogP) is 3.30. The summed E-state index contributed by atoms with van der Waals surface area (Å²) < 4.78 is 15.5. The quantitative estimate of drug-likeness (QED) is 0.510. The van der Waals surface area contributed by atoms with E-state index in [-0.39, 0.29) is 11.7 Å². The monoisotopic (exact) mass is 395 g/mol. The average molecular weight is 395 g/mol. The fourth-order valence-corrected chi connectivity index (χ4v) is 3.97. The number of carbonyl (C=O) groups is 1. The number of aliphatic carboxylic acids is 1. The Labute approximate surface area is 176 Å². The minimum absolute atomic E-state index is 0.0959. The van der Waals surface area contributed by atoms with Gasteiger partial charge in [-0.1, -0.05) is 19.1 Å². The molecule has 4 aromatic rings. The van der Waals surface area contributed by atoms with Crippen LogP contribution < -0.4 is 0 Å². The van der Waals surface area contributed by atoms with E-state index in [1.54, 1.807) is 18.3 Å². The summed E-state index contributed by atoms with van der Waals surface area (Å²) in [6, 6.07) is 9.77. The smallest absolute Gasteiger partial charge is 0.297 e. The maximum atomic E-state index is 13.6. The van der Waals surface area contributed by atoms with Crippen LogP contribution in [-0.2, 0) is 10.0 Å². The van der Waals surface area contributed by atoms with Gasteiger partial charge in [-0.15, -0.1) is 0 Å². The maximum absolute atomic E-state index is 13.6. The Morgan fingerprint density at radius 1 is 1.23 bits per heavy atom. The third-order valence-electron chi connectivity index (χ3n) is 5.41. The van der Waals surface area contributed by atoms with E-state index in [1.165, 1.54) is 12.1 Å². The van der Waals surface area contributed by atoms with Crippen LogP contribution in [0.15, 0.2) is 42.6 Å². The summed E-state index contributed by atoms with van der Waals surface area (Å²) in [4.78, 5) is 11.7. The van der Waals surface area contributed by atoms with Crippen molar-refractivity contribution in [3.63, 3.8) is 0 Å². The summed E-state index contributed by atoms with van der Waals surface area (Å²) >= 11 is 0. The third kappa shape index (κ3) is 3.04. The van der Waals surface area contributed by atoms with Crippen molar-refractivity contribution in [3.8, 4) is 5.69 Å². The molecular formula is C21H17B3FN3O2. The molecule has 0 amide bonds. The topological polar surface area (TPSA) is 70.9 Å². The van der Waals surface area contributed by atoms with E-state index in [0.717, 1.165) is 16.4 Å². The highest BCUT2D eigenvalue weighted by atomic mass is 19.1. The Kier molecular flexibility index (Phi) is 4.79. The van der Waals surface area contributed by atoms with Gasteiger partial charge in [-0.25, -0.2) is 4.39 Å². The number of fused-ring (bicyclic) bond motifs is 2. The Bertz CT molecular complexity index is 1260. The number of aromatic amines is 1. The van der Waals surface area contributed by atoms with Gasteiger partial charge in [-0.2, -0.15) is 5.10 Å². The first-order valence-electron chi connectivity index (χ1n) is 9.47. The van der Waals surface area contributed by atoms with Gasteiger partial charge in [-0.3, -0.25) is 9.89 Å². The first-order chi connectivity index (χ1) is 14.1. The van der Waals surface area contributed by atoms with Crippen molar-refractivity contribution in [1.82, 2.24) is 14.8 Å². The van der Waals surface area contributed by atoms with Crippen LogP contribution in [0.1, 0.15) is 31.0 Å². The SMILES string of the molecule is [B]C(C(=O)O)C([B])([B])c1c(C(C)C)n(-c2ccc(F)cc2)c2cc3cn[nH]c3cc12. The number of rotatable bonds is 5. The normalized spacial score (nSPS) is 13.3. The Morgan fingerprint density at radius 2 is 1.90 bits per heavy atom. The summed E-state index contributed by atoms with van der Waals surface area (Å²) in [5, 5.41) is 16.1. The molecule has 0 aliphatic rings. The number of H-pyrrole nitrogens is 1. The van der Waals surface area contributed by atoms with E-state index in [2.05, 4.69) is 10.2 Å². The Balaban J connectivity index is 2.18. The first kappa shape index (κ1) is 20.3. The van der Waals surface area contributed by atoms with Crippen molar-refractivity contribution in [2.24, 2.45) is 0 Å². The summed E-state index contributed by atoms with van der Waals surface area (Å²) in [6.07, 6.45) is 1.69. The molecule has 2 N–H and O–H groups in total. The van der Waals surface area contributed by atoms with Gasteiger partial charge in [-0.05, 0) is 47.9 Å². The van der Waals surface area contributed by atoms with Crippen LogP contribution in [0.5, 0.6) is 0 Å². The molecule has 2 heterocycles. The van der Waals surface area contributed by atoms with Crippen LogP contribution in [0.25, 0.3) is 27.5 Å². The van der Waals surface area contributed by atoms with Crippen molar-refractivity contribution in [2.75, 3.05) is 0 Å². The fourth-order valence-electron chi connectivity index (χ4n) is 3.97. The molecule has 2 aromatic heterocycles. The number of hydrogen-bond donors (Lipinski definition) is 2. The summed E-state index contributed by atoms with van der Waals surface area (Å²) in [5.74, 6) is -3.31. The molecule has 4 rings (SSSR count). The molecule has 6 radical (unpaired) electrons. The summed E-state index contributed by atoms with van der Waals surface area (Å²) in [6.45, 7) is 3.90. The number of nitrogens with zero attached hydrogens (tertiary/aromatic N) is 2. The lowest BCUT2D eigenvalue weighted by Crippen LogP contribution is -2.38. The highest BCUT2D eigenvalue weighted by molar-refractivity contribution is 6.48. The average Bonchev–Trinajstić information content (AvgIpc) is 3.28. The first-order valence-corrected chi connectivity index (χ1v) is 9.47. The van der Waals surface area contributed by atoms with E-state index in [1.807, 2.05) is 30.5 Å². The van der Waals surface area contributed by atoms with Crippen molar-refractivity contribution in [2.45, 2.75) is 30.8 Å². The predicted molar refractivity (Wildman–Crippen MR) is 117 cm³/mol. The van der Waals surface area contributed by atoms with E-state index < -0.39 is 17.0 Å². The van der Waals surface area contributed by atoms with Crippen LogP contribution in [-0.4, -0.2) is 49.4 Å².